The molecule has 0 amide bonds. The summed E-state index contributed by atoms with van der Waals surface area (Å²) in [7, 11) is 0. The highest BCUT2D eigenvalue weighted by atomic mass is 16.4. The van der Waals surface area contributed by atoms with Crippen LogP contribution in [0.5, 0.6) is 0 Å². The average molecular weight is 264 g/mol. The number of hydrogen-bond acceptors (Lipinski definition) is 4. The number of piperidine rings is 1. The van der Waals surface area contributed by atoms with Gasteiger partial charge in [-0.25, -0.2) is 9.67 Å². The highest BCUT2D eigenvalue weighted by Crippen LogP contribution is 2.20. The molecule has 1 saturated heterocycles. The molecule has 2 atom stereocenters. The summed E-state index contributed by atoms with van der Waals surface area (Å²) >= 11 is 0. The van der Waals surface area contributed by atoms with Crippen LogP contribution in [0.2, 0.25) is 0 Å². The lowest BCUT2D eigenvalue weighted by molar-refractivity contribution is -0.142. The lowest BCUT2D eigenvalue weighted by Gasteiger charge is -2.21. The van der Waals surface area contributed by atoms with E-state index in [2.05, 4.69) is 15.4 Å². The van der Waals surface area contributed by atoms with Crippen LogP contribution in [0.15, 0.2) is 0 Å². The molecule has 3 rings (SSSR count). The van der Waals surface area contributed by atoms with E-state index < -0.39 is 5.97 Å². The molecule has 104 valence electrons. The molecule has 1 fully saturated rings. The molecular weight excluding hydrogens is 244 g/mol. The summed E-state index contributed by atoms with van der Waals surface area (Å²) in [6.45, 7) is 2.63. The summed E-state index contributed by atoms with van der Waals surface area (Å²) in [5.74, 6) is 1.43. The van der Waals surface area contributed by atoms with E-state index in [0.717, 1.165) is 37.6 Å². The Bertz CT molecular complexity index is 465. The second-order valence-electron chi connectivity index (χ2n) is 5.62. The Hall–Kier alpha value is -1.43. The van der Waals surface area contributed by atoms with Crippen LogP contribution < -0.4 is 5.32 Å². The monoisotopic (exact) mass is 264 g/mol. The van der Waals surface area contributed by atoms with Gasteiger partial charge in [0, 0.05) is 12.8 Å². The van der Waals surface area contributed by atoms with Crippen LogP contribution in [0, 0.1) is 11.8 Å². The molecule has 0 radical (unpaired) electrons. The van der Waals surface area contributed by atoms with Crippen molar-refractivity contribution in [2.45, 2.75) is 38.6 Å². The van der Waals surface area contributed by atoms with Crippen molar-refractivity contribution in [3.63, 3.8) is 0 Å². The summed E-state index contributed by atoms with van der Waals surface area (Å²) in [5.41, 5.74) is 0. The number of carboxylic acids is 1. The Balaban J connectivity index is 1.67. The third-order valence-electron chi connectivity index (χ3n) is 4.12. The van der Waals surface area contributed by atoms with Crippen LogP contribution in [0.25, 0.3) is 0 Å². The predicted molar refractivity (Wildman–Crippen MR) is 68.8 cm³/mol. The molecule has 1 aromatic heterocycles. The fraction of sp³-hybridized carbons (Fsp3) is 0.769. The van der Waals surface area contributed by atoms with E-state index in [1.807, 2.05) is 0 Å². The van der Waals surface area contributed by atoms with Gasteiger partial charge in [0.15, 0.2) is 5.82 Å². The van der Waals surface area contributed by atoms with Crippen LogP contribution in [0.1, 0.15) is 30.9 Å². The van der Waals surface area contributed by atoms with Crippen LogP contribution in [0.3, 0.4) is 0 Å². The van der Waals surface area contributed by atoms with E-state index >= 15 is 0 Å². The highest BCUT2D eigenvalue weighted by molar-refractivity contribution is 5.70. The molecule has 2 unspecified atom stereocenters. The molecule has 0 saturated carbocycles. The Morgan fingerprint density at radius 3 is 3.11 bits per heavy atom. The van der Waals surface area contributed by atoms with Gasteiger partial charge in [0.25, 0.3) is 0 Å². The second-order valence-corrected chi connectivity index (χ2v) is 5.62. The van der Waals surface area contributed by atoms with Gasteiger partial charge in [-0.05, 0) is 38.3 Å². The number of aryl methyl sites for hydroxylation is 1. The van der Waals surface area contributed by atoms with Crippen molar-refractivity contribution in [1.82, 2.24) is 20.1 Å². The third-order valence-corrected chi connectivity index (χ3v) is 4.12. The van der Waals surface area contributed by atoms with Crippen molar-refractivity contribution in [3.05, 3.63) is 11.6 Å². The molecular formula is C13H20N4O2. The van der Waals surface area contributed by atoms with E-state index in [-0.39, 0.29) is 5.92 Å². The van der Waals surface area contributed by atoms with Gasteiger partial charge >= 0.3 is 5.97 Å². The molecule has 2 N–H and O–H groups in total. The van der Waals surface area contributed by atoms with Crippen LogP contribution >= 0.6 is 0 Å². The first kappa shape index (κ1) is 12.6. The second kappa shape index (κ2) is 5.28. The minimum absolute atomic E-state index is 0.307. The van der Waals surface area contributed by atoms with Gasteiger partial charge in [0.1, 0.15) is 5.82 Å². The number of carboxylic acid groups (broad SMARTS) is 1. The van der Waals surface area contributed by atoms with Crippen LogP contribution in [0.4, 0.5) is 0 Å². The first-order valence-corrected chi connectivity index (χ1v) is 7.08. The summed E-state index contributed by atoms with van der Waals surface area (Å²) in [6.07, 6.45) is 4.77. The number of hydrogen-bond donors (Lipinski definition) is 2. The Morgan fingerprint density at radius 1 is 1.47 bits per heavy atom. The number of carbonyl (C=O) groups is 1. The lowest BCUT2D eigenvalue weighted by atomic mass is 9.96. The molecule has 0 aliphatic carbocycles. The topological polar surface area (TPSA) is 80.0 Å². The van der Waals surface area contributed by atoms with Gasteiger partial charge in [0.05, 0.1) is 12.5 Å². The predicted octanol–water partition coefficient (Wildman–Crippen LogP) is 0.467. The zero-order valence-electron chi connectivity index (χ0n) is 11.0. The number of aliphatic carboxylic acids is 1. The fourth-order valence-electron chi connectivity index (χ4n) is 3.01. The quantitative estimate of drug-likeness (QED) is 0.829. The minimum atomic E-state index is -0.723. The zero-order chi connectivity index (χ0) is 13.2. The maximum Gasteiger partial charge on any atom is 0.308 e. The van der Waals surface area contributed by atoms with E-state index in [9.17, 15) is 4.79 Å². The molecule has 0 spiro atoms. The van der Waals surface area contributed by atoms with Gasteiger partial charge in [0.2, 0.25) is 0 Å². The first-order chi connectivity index (χ1) is 9.22. The van der Waals surface area contributed by atoms with Gasteiger partial charge in [-0.1, -0.05) is 0 Å². The van der Waals surface area contributed by atoms with Gasteiger partial charge in [-0.15, -0.1) is 0 Å². The number of rotatable bonds is 3. The molecule has 3 heterocycles. The standard InChI is InChI=1S/C13H20N4O2/c18-13(19)10-3-4-12-15-11(16-17(12)8-10)6-9-2-1-5-14-7-9/h9-10,14H,1-8H2,(H,18,19). The molecule has 2 aliphatic rings. The summed E-state index contributed by atoms with van der Waals surface area (Å²) in [5, 5.41) is 17.0. The maximum atomic E-state index is 11.0. The third kappa shape index (κ3) is 2.78. The van der Waals surface area contributed by atoms with Gasteiger partial charge in [-0.2, -0.15) is 5.10 Å². The van der Waals surface area contributed by atoms with E-state index in [1.54, 1.807) is 4.68 Å². The fourth-order valence-corrected chi connectivity index (χ4v) is 3.01. The summed E-state index contributed by atoms with van der Waals surface area (Å²) in [6, 6.07) is 0. The van der Waals surface area contributed by atoms with E-state index in [1.165, 1.54) is 12.8 Å². The van der Waals surface area contributed by atoms with Crippen molar-refractivity contribution in [2.24, 2.45) is 11.8 Å². The van der Waals surface area contributed by atoms with Crippen LogP contribution in [-0.2, 0) is 24.2 Å². The molecule has 0 bridgehead atoms. The van der Waals surface area contributed by atoms with Gasteiger partial charge in [-0.3, -0.25) is 4.79 Å². The zero-order valence-corrected chi connectivity index (χ0v) is 11.0. The Kier molecular flexibility index (Phi) is 3.50. The number of nitrogens with zero attached hydrogens (tertiary/aromatic N) is 3. The first-order valence-electron chi connectivity index (χ1n) is 7.08. The lowest BCUT2D eigenvalue weighted by Crippen LogP contribution is -2.31. The van der Waals surface area contributed by atoms with Crippen LogP contribution in [-0.4, -0.2) is 38.9 Å². The van der Waals surface area contributed by atoms with E-state index in [0.29, 0.717) is 18.9 Å². The Labute approximate surface area is 112 Å². The average Bonchev–Trinajstić information content (AvgIpc) is 2.80. The number of nitrogens with one attached hydrogen (secondary N) is 1. The van der Waals surface area contributed by atoms with Crippen molar-refractivity contribution >= 4 is 5.97 Å². The van der Waals surface area contributed by atoms with Crippen molar-refractivity contribution < 1.29 is 9.90 Å². The number of aromatic nitrogens is 3. The number of fused-ring (bicyclic) bond motifs is 1. The van der Waals surface area contributed by atoms with E-state index in [4.69, 9.17) is 5.11 Å². The SMILES string of the molecule is O=C(O)C1CCc2nc(CC3CCCNC3)nn2C1. The molecule has 0 aromatic carbocycles. The highest BCUT2D eigenvalue weighted by Gasteiger charge is 2.27. The van der Waals surface area contributed by atoms with Crippen molar-refractivity contribution in [2.75, 3.05) is 13.1 Å². The minimum Gasteiger partial charge on any atom is -0.481 e. The molecule has 6 nitrogen and oxygen atoms in total. The summed E-state index contributed by atoms with van der Waals surface area (Å²) in [4.78, 5) is 15.6. The van der Waals surface area contributed by atoms with Crippen molar-refractivity contribution in [1.29, 1.82) is 0 Å². The van der Waals surface area contributed by atoms with Crippen molar-refractivity contribution in [3.8, 4) is 0 Å². The molecule has 6 heteroatoms. The molecule has 2 aliphatic heterocycles. The molecule has 1 aromatic rings. The Morgan fingerprint density at radius 2 is 2.37 bits per heavy atom. The largest absolute Gasteiger partial charge is 0.481 e. The van der Waals surface area contributed by atoms with Gasteiger partial charge < -0.3 is 10.4 Å². The smallest absolute Gasteiger partial charge is 0.308 e. The maximum absolute atomic E-state index is 11.0. The normalized spacial score (nSPS) is 26.9. The summed E-state index contributed by atoms with van der Waals surface area (Å²) < 4.78 is 1.80. The molecule has 19 heavy (non-hydrogen) atoms.